The number of ether oxygens (including phenoxy) is 1. The van der Waals surface area contributed by atoms with Crippen molar-refractivity contribution >= 4 is 44.1 Å². The van der Waals surface area contributed by atoms with Gasteiger partial charge in [0.2, 0.25) is 0 Å². The van der Waals surface area contributed by atoms with Crippen LogP contribution in [-0.2, 0) is 9.59 Å². The summed E-state index contributed by atoms with van der Waals surface area (Å²) in [5.74, 6) is -0.931. The molecular formula is C28H24N2O4S. The Balaban J connectivity index is 1.69. The van der Waals surface area contributed by atoms with E-state index in [0.29, 0.717) is 28.6 Å². The molecule has 1 atom stereocenters. The number of thiazole rings is 1. The number of benzene rings is 3. The fraction of sp³-hybridized carbons (Fsp3) is 0.179. The number of ketones is 1. The third-order valence-corrected chi connectivity index (χ3v) is 7.05. The molecule has 1 saturated heterocycles. The number of anilines is 1. The number of aliphatic hydroxyl groups excluding tert-OH is 1. The summed E-state index contributed by atoms with van der Waals surface area (Å²) >= 11 is 1.31. The van der Waals surface area contributed by atoms with Gasteiger partial charge in [0.25, 0.3) is 5.78 Å². The molecule has 7 heteroatoms. The zero-order valence-electron chi connectivity index (χ0n) is 19.6. The summed E-state index contributed by atoms with van der Waals surface area (Å²) in [5, 5.41) is 11.6. The van der Waals surface area contributed by atoms with Gasteiger partial charge in [0.15, 0.2) is 5.13 Å². The van der Waals surface area contributed by atoms with Crippen molar-refractivity contribution in [2.45, 2.75) is 26.8 Å². The first-order valence-corrected chi connectivity index (χ1v) is 12.2. The molecule has 0 spiro atoms. The van der Waals surface area contributed by atoms with Gasteiger partial charge in [-0.05, 0) is 44.5 Å². The molecule has 1 fully saturated rings. The van der Waals surface area contributed by atoms with E-state index in [1.165, 1.54) is 16.2 Å². The number of carbonyl (C=O) groups is 2. The molecule has 1 N–H and O–H groups in total. The summed E-state index contributed by atoms with van der Waals surface area (Å²) in [4.78, 5) is 32.8. The maximum absolute atomic E-state index is 13.4. The fourth-order valence-electron chi connectivity index (χ4n) is 4.21. The van der Waals surface area contributed by atoms with Crippen LogP contribution < -0.4 is 9.64 Å². The molecule has 1 aliphatic rings. The average Bonchev–Trinajstić information content (AvgIpc) is 3.38. The highest BCUT2D eigenvalue weighted by Crippen LogP contribution is 2.44. The van der Waals surface area contributed by atoms with Crippen LogP contribution in [0.25, 0.3) is 16.0 Å². The van der Waals surface area contributed by atoms with E-state index in [1.54, 1.807) is 12.1 Å². The van der Waals surface area contributed by atoms with Crippen LogP contribution >= 0.6 is 11.3 Å². The number of hydrogen-bond donors (Lipinski definition) is 1. The van der Waals surface area contributed by atoms with E-state index in [9.17, 15) is 14.7 Å². The third-order valence-electron chi connectivity index (χ3n) is 6.03. The zero-order chi connectivity index (χ0) is 24.7. The Hall–Kier alpha value is -3.97. The topological polar surface area (TPSA) is 79.7 Å². The number of aryl methyl sites for hydroxylation is 2. The Morgan fingerprint density at radius 2 is 1.66 bits per heavy atom. The smallest absolute Gasteiger partial charge is 0.301 e. The highest BCUT2D eigenvalue weighted by Gasteiger charge is 2.48. The van der Waals surface area contributed by atoms with Crippen molar-refractivity contribution < 1.29 is 19.4 Å². The number of amides is 1. The molecule has 0 radical (unpaired) electrons. The van der Waals surface area contributed by atoms with Crippen LogP contribution in [0.5, 0.6) is 5.75 Å². The molecule has 1 amide bonds. The monoisotopic (exact) mass is 484 g/mol. The second-order valence-corrected chi connectivity index (χ2v) is 9.51. The van der Waals surface area contributed by atoms with E-state index in [-0.39, 0.29) is 11.3 Å². The van der Waals surface area contributed by atoms with Gasteiger partial charge in [-0.1, -0.05) is 71.0 Å². The van der Waals surface area contributed by atoms with Crippen LogP contribution in [0, 0.1) is 13.8 Å². The molecule has 0 bridgehead atoms. The van der Waals surface area contributed by atoms with E-state index in [0.717, 1.165) is 21.4 Å². The first-order valence-electron chi connectivity index (χ1n) is 11.4. The molecule has 0 saturated carbocycles. The largest absolute Gasteiger partial charge is 0.507 e. The van der Waals surface area contributed by atoms with Gasteiger partial charge in [-0.2, -0.15) is 0 Å². The Morgan fingerprint density at radius 1 is 1.00 bits per heavy atom. The molecular weight excluding hydrogens is 460 g/mol. The molecule has 3 aromatic carbocycles. The number of hydrogen-bond acceptors (Lipinski definition) is 6. The van der Waals surface area contributed by atoms with Crippen molar-refractivity contribution in [2.75, 3.05) is 11.5 Å². The van der Waals surface area contributed by atoms with Gasteiger partial charge < -0.3 is 9.84 Å². The van der Waals surface area contributed by atoms with Gasteiger partial charge in [-0.25, -0.2) is 4.98 Å². The first kappa shape index (κ1) is 22.8. The van der Waals surface area contributed by atoms with Crippen molar-refractivity contribution in [3.05, 3.63) is 94.6 Å². The minimum absolute atomic E-state index is 0.0527. The fourth-order valence-corrected chi connectivity index (χ4v) is 5.23. The summed E-state index contributed by atoms with van der Waals surface area (Å²) in [7, 11) is 0. The Kier molecular flexibility index (Phi) is 5.86. The van der Waals surface area contributed by atoms with Gasteiger partial charge in [0.05, 0.1) is 28.4 Å². The molecule has 176 valence electrons. The molecule has 4 aromatic rings. The number of fused-ring (bicyclic) bond motifs is 1. The predicted molar refractivity (Wildman–Crippen MR) is 138 cm³/mol. The first-order chi connectivity index (χ1) is 16.9. The number of rotatable bonds is 5. The lowest BCUT2D eigenvalue weighted by molar-refractivity contribution is -0.132. The van der Waals surface area contributed by atoms with E-state index < -0.39 is 17.7 Å². The quantitative estimate of drug-likeness (QED) is 0.215. The molecule has 5 rings (SSSR count). The Labute approximate surface area is 207 Å². The van der Waals surface area contributed by atoms with Crippen molar-refractivity contribution in [1.82, 2.24) is 4.98 Å². The normalized spacial score (nSPS) is 17.3. The number of nitrogens with zero attached hydrogens (tertiary/aromatic N) is 2. The molecule has 1 aromatic heterocycles. The van der Waals surface area contributed by atoms with Crippen LogP contribution in [0.3, 0.4) is 0 Å². The number of carbonyl (C=O) groups excluding carboxylic acids is 2. The van der Waals surface area contributed by atoms with E-state index in [1.807, 2.05) is 75.4 Å². The maximum Gasteiger partial charge on any atom is 0.301 e. The van der Waals surface area contributed by atoms with Crippen LogP contribution in [0.15, 0.2) is 72.3 Å². The van der Waals surface area contributed by atoms with Crippen molar-refractivity contribution in [1.29, 1.82) is 0 Å². The standard InChI is InChI=1S/C28H24N2O4S/c1-4-34-20-13-14-21-22(15-20)35-28(29-21)30-24(18-9-5-16(2)6-10-18)23(26(32)27(30)33)25(31)19-11-7-17(3)8-12-19/h5-15,24,31H,4H2,1-3H3/b25-23+. The van der Waals surface area contributed by atoms with Crippen LogP contribution in [0.2, 0.25) is 0 Å². The maximum atomic E-state index is 13.4. The summed E-state index contributed by atoms with van der Waals surface area (Å²) in [6, 6.07) is 19.6. The highest BCUT2D eigenvalue weighted by molar-refractivity contribution is 7.22. The number of aliphatic hydroxyl groups is 1. The minimum Gasteiger partial charge on any atom is -0.507 e. The molecule has 6 nitrogen and oxygen atoms in total. The summed E-state index contributed by atoms with van der Waals surface area (Å²) in [6.45, 7) is 6.37. The SMILES string of the molecule is CCOc1ccc2nc(N3C(=O)C(=O)/C(=C(/O)c4ccc(C)cc4)C3c3ccc(C)cc3)sc2c1. The summed E-state index contributed by atoms with van der Waals surface area (Å²) < 4.78 is 6.44. The van der Waals surface area contributed by atoms with Crippen LogP contribution in [0.4, 0.5) is 5.13 Å². The molecule has 0 aliphatic carbocycles. The molecule has 1 unspecified atom stereocenters. The summed E-state index contributed by atoms with van der Waals surface area (Å²) in [5.41, 5.74) is 4.04. The van der Waals surface area contributed by atoms with Gasteiger partial charge in [0.1, 0.15) is 11.5 Å². The lowest BCUT2D eigenvalue weighted by atomic mass is 9.94. The second-order valence-electron chi connectivity index (χ2n) is 8.50. The lowest BCUT2D eigenvalue weighted by Gasteiger charge is -2.23. The number of Topliss-reactive ketones (excluding diaryl/α,β-unsaturated/α-hetero) is 1. The van der Waals surface area contributed by atoms with Crippen molar-refractivity contribution in [3.8, 4) is 5.75 Å². The van der Waals surface area contributed by atoms with Gasteiger partial charge >= 0.3 is 5.91 Å². The molecule has 2 heterocycles. The van der Waals surface area contributed by atoms with Gasteiger partial charge in [-0.15, -0.1) is 0 Å². The number of aromatic nitrogens is 1. The van der Waals surface area contributed by atoms with Crippen molar-refractivity contribution in [3.63, 3.8) is 0 Å². The van der Waals surface area contributed by atoms with Crippen LogP contribution in [0.1, 0.15) is 35.2 Å². The van der Waals surface area contributed by atoms with Gasteiger partial charge in [-0.3, -0.25) is 14.5 Å². The van der Waals surface area contributed by atoms with E-state index in [4.69, 9.17) is 4.74 Å². The zero-order valence-corrected chi connectivity index (χ0v) is 20.4. The third kappa shape index (κ3) is 4.08. The predicted octanol–water partition coefficient (Wildman–Crippen LogP) is 5.94. The second kappa shape index (κ2) is 9.00. The molecule has 35 heavy (non-hydrogen) atoms. The van der Waals surface area contributed by atoms with E-state index >= 15 is 0 Å². The van der Waals surface area contributed by atoms with Gasteiger partial charge in [0, 0.05) is 5.56 Å². The lowest BCUT2D eigenvalue weighted by Crippen LogP contribution is -2.29. The minimum atomic E-state index is -0.802. The van der Waals surface area contributed by atoms with Crippen LogP contribution in [-0.4, -0.2) is 28.4 Å². The Morgan fingerprint density at radius 3 is 2.31 bits per heavy atom. The average molecular weight is 485 g/mol. The van der Waals surface area contributed by atoms with Crippen molar-refractivity contribution in [2.24, 2.45) is 0 Å². The highest BCUT2D eigenvalue weighted by atomic mass is 32.1. The summed E-state index contributed by atoms with van der Waals surface area (Å²) in [6.07, 6.45) is 0. The Bertz CT molecular complexity index is 1470. The van der Waals surface area contributed by atoms with E-state index in [2.05, 4.69) is 4.98 Å². The molecule has 1 aliphatic heterocycles.